The molecule has 0 radical (unpaired) electrons. The van der Waals surface area contributed by atoms with E-state index in [0.29, 0.717) is 6.42 Å². The van der Waals surface area contributed by atoms with E-state index in [-0.39, 0.29) is 6.10 Å². The highest BCUT2D eigenvalue weighted by Gasteiger charge is 2.29. The highest BCUT2D eigenvalue weighted by atomic mass is 16.5. The van der Waals surface area contributed by atoms with Crippen molar-refractivity contribution in [1.82, 2.24) is 5.32 Å². The SMILES string of the molecule is COCCCNCC1CCC(C(=O)O)O1. The number of carbonyl (C=O) groups is 1. The van der Waals surface area contributed by atoms with Crippen LogP contribution >= 0.6 is 0 Å². The Morgan fingerprint density at radius 3 is 3.00 bits per heavy atom. The normalized spacial score (nSPS) is 25.7. The van der Waals surface area contributed by atoms with Gasteiger partial charge in [0.15, 0.2) is 6.10 Å². The number of aliphatic carboxylic acids is 1. The maximum atomic E-state index is 10.6. The summed E-state index contributed by atoms with van der Waals surface area (Å²) in [6.45, 7) is 2.36. The molecular formula is C10H19NO4. The van der Waals surface area contributed by atoms with Gasteiger partial charge in [-0.15, -0.1) is 0 Å². The van der Waals surface area contributed by atoms with E-state index in [4.69, 9.17) is 14.6 Å². The van der Waals surface area contributed by atoms with Gasteiger partial charge in [0.2, 0.25) is 0 Å². The van der Waals surface area contributed by atoms with Crippen LogP contribution in [0.4, 0.5) is 0 Å². The maximum absolute atomic E-state index is 10.6. The molecule has 2 atom stereocenters. The minimum atomic E-state index is -0.850. The van der Waals surface area contributed by atoms with Gasteiger partial charge < -0.3 is 19.9 Å². The van der Waals surface area contributed by atoms with E-state index in [1.807, 2.05) is 0 Å². The molecule has 2 N–H and O–H groups in total. The molecule has 1 aliphatic heterocycles. The lowest BCUT2D eigenvalue weighted by Crippen LogP contribution is -2.29. The lowest BCUT2D eigenvalue weighted by atomic mass is 10.2. The van der Waals surface area contributed by atoms with Crippen molar-refractivity contribution in [3.8, 4) is 0 Å². The first-order valence-electron chi connectivity index (χ1n) is 5.32. The molecule has 2 unspecified atom stereocenters. The average molecular weight is 217 g/mol. The van der Waals surface area contributed by atoms with Crippen LogP contribution in [0, 0.1) is 0 Å². The Bertz CT molecular complexity index is 198. The van der Waals surface area contributed by atoms with Gasteiger partial charge in [-0.25, -0.2) is 4.79 Å². The Morgan fingerprint density at radius 1 is 1.60 bits per heavy atom. The fourth-order valence-corrected chi connectivity index (χ4v) is 1.64. The summed E-state index contributed by atoms with van der Waals surface area (Å²) in [7, 11) is 1.68. The summed E-state index contributed by atoms with van der Waals surface area (Å²) in [4.78, 5) is 10.6. The van der Waals surface area contributed by atoms with Crippen LogP contribution in [0.1, 0.15) is 19.3 Å². The zero-order chi connectivity index (χ0) is 11.1. The molecule has 15 heavy (non-hydrogen) atoms. The molecule has 1 rings (SSSR count). The zero-order valence-corrected chi connectivity index (χ0v) is 9.07. The lowest BCUT2D eigenvalue weighted by Gasteiger charge is -2.11. The fourth-order valence-electron chi connectivity index (χ4n) is 1.64. The molecule has 1 heterocycles. The van der Waals surface area contributed by atoms with E-state index >= 15 is 0 Å². The molecule has 1 fully saturated rings. The van der Waals surface area contributed by atoms with Crippen LogP contribution in [0.5, 0.6) is 0 Å². The van der Waals surface area contributed by atoms with Crippen molar-refractivity contribution >= 4 is 5.97 Å². The maximum Gasteiger partial charge on any atom is 0.332 e. The van der Waals surface area contributed by atoms with Crippen molar-refractivity contribution in [1.29, 1.82) is 0 Å². The second kappa shape index (κ2) is 6.76. The van der Waals surface area contributed by atoms with Crippen molar-refractivity contribution in [3.63, 3.8) is 0 Å². The molecule has 5 heteroatoms. The number of carboxylic acids is 1. The lowest BCUT2D eigenvalue weighted by molar-refractivity contribution is -0.149. The van der Waals surface area contributed by atoms with Gasteiger partial charge in [0.25, 0.3) is 0 Å². The molecule has 0 amide bonds. The van der Waals surface area contributed by atoms with E-state index < -0.39 is 12.1 Å². The predicted molar refractivity (Wildman–Crippen MR) is 54.9 cm³/mol. The number of rotatable bonds is 7. The van der Waals surface area contributed by atoms with E-state index in [1.165, 1.54) is 0 Å². The van der Waals surface area contributed by atoms with E-state index in [0.717, 1.165) is 32.5 Å². The third-order valence-electron chi connectivity index (χ3n) is 2.46. The molecule has 0 saturated carbocycles. The first-order valence-corrected chi connectivity index (χ1v) is 5.32. The Labute approximate surface area is 89.8 Å². The summed E-state index contributed by atoms with van der Waals surface area (Å²) >= 11 is 0. The van der Waals surface area contributed by atoms with Crippen LogP contribution in [-0.4, -0.2) is 50.1 Å². The Hall–Kier alpha value is -0.650. The van der Waals surface area contributed by atoms with Gasteiger partial charge in [-0.1, -0.05) is 0 Å². The molecule has 1 aliphatic rings. The third-order valence-corrected chi connectivity index (χ3v) is 2.46. The number of carboxylic acid groups (broad SMARTS) is 1. The Morgan fingerprint density at radius 2 is 2.40 bits per heavy atom. The monoisotopic (exact) mass is 217 g/mol. The van der Waals surface area contributed by atoms with Crippen LogP contribution < -0.4 is 5.32 Å². The van der Waals surface area contributed by atoms with E-state index in [9.17, 15) is 4.79 Å². The molecular weight excluding hydrogens is 198 g/mol. The zero-order valence-electron chi connectivity index (χ0n) is 9.07. The summed E-state index contributed by atoms with van der Waals surface area (Å²) in [5.74, 6) is -0.850. The summed E-state index contributed by atoms with van der Waals surface area (Å²) in [5.41, 5.74) is 0. The largest absolute Gasteiger partial charge is 0.479 e. The van der Waals surface area contributed by atoms with Gasteiger partial charge in [-0.3, -0.25) is 0 Å². The van der Waals surface area contributed by atoms with Gasteiger partial charge >= 0.3 is 5.97 Å². The van der Waals surface area contributed by atoms with Crippen LogP contribution in [0.2, 0.25) is 0 Å². The second-order valence-corrected chi connectivity index (χ2v) is 3.71. The first-order chi connectivity index (χ1) is 7.24. The van der Waals surface area contributed by atoms with Crippen LogP contribution in [0.25, 0.3) is 0 Å². The van der Waals surface area contributed by atoms with Crippen molar-refractivity contribution < 1.29 is 19.4 Å². The van der Waals surface area contributed by atoms with Gasteiger partial charge in [0.05, 0.1) is 6.10 Å². The van der Waals surface area contributed by atoms with Crippen molar-refractivity contribution in [2.45, 2.75) is 31.5 Å². The number of nitrogens with one attached hydrogen (secondary N) is 1. The second-order valence-electron chi connectivity index (χ2n) is 3.71. The van der Waals surface area contributed by atoms with Crippen LogP contribution in [0.15, 0.2) is 0 Å². The van der Waals surface area contributed by atoms with E-state index in [1.54, 1.807) is 7.11 Å². The third kappa shape index (κ3) is 4.59. The molecule has 0 aromatic carbocycles. The first kappa shape index (κ1) is 12.4. The molecule has 0 aromatic rings. The van der Waals surface area contributed by atoms with Crippen molar-refractivity contribution in [2.24, 2.45) is 0 Å². The van der Waals surface area contributed by atoms with Crippen LogP contribution in [0.3, 0.4) is 0 Å². The molecule has 0 spiro atoms. The summed E-state index contributed by atoms with van der Waals surface area (Å²) in [5, 5.41) is 11.9. The smallest absolute Gasteiger partial charge is 0.332 e. The Balaban J connectivity index is 2.01. The fraction of sp³-hybridized carbons (Fsp3) is 0.900. The standard InChI is InChI=1S/C10H19NO4/c1-14-6-2-5-11-7-8-3-4-9(15-8)10(12)13/h8-9,11H,2-7H2,1H3,(H,12,13). The van der Waals surface area contributed by atoms with Crippen molar-refractivity contribution in [2.75, 3.05) is 26.8 Å². The van der Waals surface area contributed by atoms with E-state index in [2.05, 4.69) is 5.32 Å². The average Bonchev–Trinajstić information content (AvgIpc) is 2.66. The number of hydrogen-bond donors (Lipinski definition) is 2. The minimum Gasteiger partial charge on any atom is -0.479 e. The quantitative estimate of drug-likeness (QED) is 0.598. The Kier molecular flexibility index (Phi) is 5.60. The van der Waals surface area contributed by atoms with Crippen LogP contribution in [-0.2, 0) is 14.3 Å². The van der Waals surface area contributed by atoms with Gasteiger partial charge in [-0.05, 0) is 25.8 Å². The molecule has 0 bridgehead atoms. The number of methoxy groups -OCH3 is 1. The summed E-state index contributed by atoms with van der Waals surface area (Å²) < 4.78 is 10.2. The number of ether oxygens (including phenoxy) is 2. The topological polar surface area (TPSA) is 67.8 Å². The van der Waals surface area contributed by atoms with Crippen molar-refractivity contribution in [3.05, 3.63) is 0 Å². The highest BCUT2D eigenvalue weighted by molar-refractivity contribution is 5.72. The molecule has 0 aromatic heterocycles. The molecule has 88 valence electrons. The predicted octanol–water partition coefficient (Wildman–Crippen LogP) is 0.245. The van der Waals surface area contributed by atoms with Gasteiger partial charge in [0.1, 0.15) is 0 Å². The molecule has 0 aliphatic carbocycles. The highest BCUT2D eigenvalue weighted by Crippen LogP contribution is 2.18. The number of hydrogen-bond acceptors (Lipinski definition) is 4. The van der Waals surface area contributed by atoms with Gasteiger partial charge in [0, 0.05) is 20.3 Å². The summed E-state index contributed by atoms with van der Waals surface area (Å²) in [6.07, 6.45) is 1.86. The molecule has 5 nitrogen and oxygen atoms in total. The van der Waals surface area contributed by atoms with Gasteiger partial charge in [-0.2, -0.15) is 0 Å². The minimum absolute atomic E-state index is 0.0497. The summed E-state index contributed by atoms with van der Waals surface area (Å²) in [6, 6.07) is 0. The molecule has 1 saturated heterocycles.